The van der Waals surface area contributed by atoms with Gasteiger partial charge >= 0.3 is 0 Å². The Morgan fingerprint density at radius 2 is 1.79 bits per heavy atom. The number of H-pyrrole nitrogens is 1. The van der Waals surface area contributed by atoms with E-state index in [-0.39, 0.29) is 17.9 Å². The molecule has 1 aliphatic heterocycles. The average molecular weight is 533 g/mol. The van der Waals surface area contributed by atoms with Crippen molar-refractivity contribution in [1.29, 1.82) is 0 Å². The predicted octanol–water partition coefficient (Wildman–Crippen LogP) is 4.72. The van der Waals surface area contributed by atoms with Crippen LogP contribution >= 0.6 is 11.6 Å². The Bertz CT molecular complexity index is 1380. The molecule has 4 aromatic rings. The van der Waals surface area contributed by atoms with Gasteiger partial charge in [-0.3, -0.25) is 9.89 Å². The van der Waals surface area contributed by atoms with Crippen molar-refractivity contribution in [2.75, 3.05) is 44.7 Å². The number of pyridine rings is 1. The molecule has 0 saturated carbocycles. The summed E-state index contributed by atoms with van der Waals surface area (Å²) in [5.74, 6) is 0.369. The Kier molecular flexibility index (Phi) is 7.81. The van der Waals surface area contributed by atoms with Crippen molar-refractivity contribution in [3.8, 4) is 17.0 Å². The third-order valence-electron chi connectivity index (χ3n) is 7.02. The molecule has 1 aliphatic rings. The number of hydrogen-bond donors (Lipinski definition) is 2. The van der Waals surface area contributed by atoms with Crippen molar-refractivity contribution in [3.05, 3.63) is 71.4 Å². The van der Waals surface area contributed by atoms with Crippen LogP contribution in [0.5, 0.6) is 5.88 Å². The van der Waals surface area contributed by atoms with Gasteiger partial charge in [0.2, 0.25) is 11.8 Å². The van der Waals surface area contributed by atoms with E-state index in [9.17, 15) is 4.79 Å². The van der Waals surface area contributed by atoms with Gasteiger partial charge in [0.15, 0.2) is 5.65 Å². The lowest BCUT2D eigenvalue weighted by Crippen LogP contribution is -2.51. The average Bonchev–Trinajstić information content (AvgIpc) is 3.37. The molecular formula is C29H33ClN6O2. The van der Waals surface area contributed by atoms with Crippen LogP contribution < -0.4 is 15.0 Å². The zero-order valence-electron chi connectivity index (χ0n) is 21.9. The van der Waals surface area contributed by atoms with Gasteiger partial charge < -0.3 is 19.9 Å². The van der Waals surface area contributed by atoms with Gasteiger partial charge in [-0.1, -0.05) is 67.9 Å². The predicted molar refractivity (Wildman–Crippen MR) is 152 cm³/mol. The summed E-state index contributed by atoms with van der Waals surface area (Å²) in [6.45, 7) is 7.35. The normalized spacial score (nSPS) is 14.8. The van der Waals surface area contributed by atoms with E-state index in [0.717, 1.165) is 27.8 Å². The number of nitrogens with one attached hydrogen (secondary N) is 2. The lowest BCUT2D eigenvalue weighted by molar-refractivity contribution is -0.133. The second-order valence-corrected chi connectivity index (χ2v) is 10.3. The summed E-state index contributed by atoms with van der Waals surface area (Å²) in [4.78, 5) is 22.7. The lowest BCUT2D eigenvalue weighted by Gasteiger charge is -2.38. The van der Waals surface area contributed by atoms with Gasteiger partial charge in [-0.2, -0.15) is 0 Å². The van der Waals surface area contributed by atoms with Gasteiger partial charge in [-0.05, 0) is 23.3 Å². The minimum Gasteiger partial charge on any atom is -0.479 e. The second-order valence-electron chi connectivity index (χ2n) is 9.82. The number of aromatic nitrogens is 3. The molecular weight excluding hydrogens is 500 g/mol. The van der Waals surface area contributed by atoms with E-state index in [1.807, 2.05) is 53.6 Å². The van der Waals surface area contributed by atoms with Crippen LogP contribution in [-0.2, 0) is 4.79 Å². The third kappa shape index (κ3) is 5.33. The number of aromatic amines is 1. The fourth-order valence-corrected chi connectivity index (χ4v) is 5.15. The number of anilines is 1. The molecule has 0 bridgehead atoms. The van der Waals surface area contributed by atoms with Gasteiger partial charge in [-0.15, -0.1) is 5.10 Å². The smallest absolute Gasteiger partial charge is 0.244 e. The maximum Gasteiger partial charge on any atom is 0.244 e. The van der Waals surface area contributed by atoms with Gasteiger partial charge in [0.25, 0.3) is 0 Å². The van der Waals surface area contributed by atoms with Gasteiger partial charge in [-0.25, -0.2) is 4.98 Å². The molecule has 0 radical (unpaired) electrons. The highest BCUT2D eigenvalue weighted by Gasteiger charge is 2.31. The fraction of sp³-hybridized carbons (Fsp3) is 0.345. The minimum absolute atomic E-state index is 0.129. The first-order valence-electron chi connectivity index (χ1n) is 12.9. The lowest BCUT2D eigenvalue weighted by atomic mass is 9.96. The number of carbonyl (C=O) groups excluding carboxylic acids is 1. The van der Waals surface area contributed by atoms with Crippen molar-refractivity contribution in [3.63, 3.8) is 0 Å². The van der Waals surface area contributed by atoms with Crippen LogP contribution in [0, 0.1) is 0 Å². The highest BCUT2D eigenvalue weighted by molar-refractivity contribution is 6.30. The number of fused-ring (bicyclic) bond motifs is 1. The van der Waals surface area contributed by atoms with Crippen molar-refractivity contribution in [2.24, 2.45) is 0 Å². The molecule has 198 valence electrons. The van der Waals surface area contributed by atoms with Crippen LogP contribution in [0.25, 0.3) is 22.2 Å². The molecule has 0 spiro atoms. The number of carbonyl (C=O) groups is 1. The van der Waals surface area contributed by atoms with Crippen molar-refractivity contribution in [2.45, 2.75) is 25.8 Å². The zero-order chi connectivity index (χ0) is 26.6. The van der Waals surface area contributed by atoms with E-state index in [1.165, 1.54) is 0 Å². The largest absolute Gasteiger partial charge is 0.479 e. The molecule has 9 heteroatoms. The second kappa shape index (κ2) is 11.4. The number of piperazine rings is 1. The summed E-state index contributed by atoms with van der Waals surface area (Å²) in [6, 6.07) is 18.1. The SMILES string of the molecule is COc1n[nH]c2ncc(-c3ccccc3)c(N3CCN(C(=O)C(CNC(C)C)c4ccc(Cl)cc4)CC3)c12. The van der Waals surface area contributed by atoms with E-state index in [4.69, 9.17) is 16.3 Å². The van der Waals surface area contributed by atoms with Crippen LogP contribution in [-0.4, -0.2) is 71.9 Å². The molecule has 1 unspecified atom stereocenters. The molecule has 2 aromatic heterocycles. The maximum atomic E-state index is 13.8. The van der Waals surface area contributed by atoms with Gasteiger partial charge in [0.05, 0.1) is 18.7 Å². The Morgan fingerprint density at radius 1 is 1.08 bits per heavy atom. The summed E-state index contributed by atoms with van der Waals surface area (Å²) in [6.07, 6.45) is 1.89. The fourth-order valence-electron chi connectivity index (χ4n) is 5.02. The van der Waals surface area contributed by atoms with Crippen LogP contribution in [0.2, 0.25) is 5.02 Å². The number of rotatable bonds is 8. The first-order chi connectivity index (χ1) is 18.5. The summed E-state index contributed by atoms with van der Waals surface area (Å²) in [5.41, 5.74) is 4.76. The number of halogens is 1. The number of nitrogens with zero attached hydrogens (tertiary/aromatic N) is 4. The molecule has 1 atom stereocenters. The molecule has 1 saturated heterocycles. The Balaban J connectivity index is 1.42. The van der Waals surface area contributed by atoms with Crippen LogP contribution in [0.3, 0.4) is 0 Å². The first-order valence-corrected chi connectivity index (χ1v) is 13.3. The molecule has 1 amide bonds. The van der Waals surface area contributed by atoms with E-state index >= 15 is 0 Å². The number of methoxy groups -OCH3 is 1. The molecule has 8 nitrogen and oxygen atoms in total. The summed E-state index contributed by atoms with van der Waals surface area (Å²) < 4.78 is 5.59. The van der Waals surface area contributed by atoms with Gasteiger partial charge in [0, 0.05) is 55.5 Å². The third-order valence-corrected chi connectivity index (χ3v) is 7.27. The van der Waals surface area contributed by atoms with Crippen molar-refractivity contribution in [1.82, 2.24) is 25.4 Å². The number of hydrogen-bond acceptors (Lipinski definition) is 6. The molecule has 1 fully saturated rings. The maximum absolute atomic E-state index is 13.8. The van der Waals surface area contributed by atoms with Crippen LogP contribution in [0.15, 0.2) is 60.8 Å². The van der Waals surface area contributed by atoms with Crippen LogP contribution in [0.1, 0.15) is 25.3 Å². The molecule has 3 heterocycles. The number of benzene rings is 2. The number of ether oxygens (including phenoxy) is 1. The highest BCUT2D eigenvalue weighted by Crippen LogP contribution is 2.40. The summed E-state index contributed by atoms with van der Waals surface area (Å²) >= 11 is 6.12. The molecule has 2 N–H and O–H groups in total. The first kappa shape index (κ1) is 26.0. The van der Waals surface area contributed by atoms with E-state index in [1.54, 1.807) is 7.11 Å². The summed E-state index contributed by atoms with van der Waals surface area (Å²) in [7, 11) is 1.62. The van der Waals surface area contributed by atoms with Crippen molar-refractivity contribution < 1.29 is 9.53 Å². The Morgan fingerprint density at radius 3 is 2.45 bits per heavy atom. The standard InChI is InChI=1S/C29H33ClN6O2/c1-19(2)31-18-24(21-9-11-22(30)12-10-21)29(37)36-15-13-35(14-16-36)26-23(20-7-5-4-6-8-20)17-32-27-25(26)28(38-3)34-33-27/h4-12,17,19,24,31H,13-16,18H2,1-3H3,(H,32,33,34). The Labute approximate surface area is 228 Å². The minimum atomic E-state index is -0.275. The molecule has 38 heavy (non-hydrogen) atoms. The summed E-state index contributed by atoms with van der Waals surface area (Å²) in [5, 5.41) is 12.3. The molecule has 0 aliphatic carbocycles. The van der Waals surface area contributed by atoms with E-state index < -0.39 is 0 Å². The monoisotopic (exact) mass is 532 g/mol. The van der Waals surface area contributed by atoms with E-state index in [0.29, 0.717) is 49.3 Å². The molecule has 5 rings (SSSR count). The molecule has 2 aromatic carbocycles. The number of amides is 1. The van der Waals surface area contributed by atoms with Gasteiger partial charge in [0.1, 0.15) is 5.39 Å². The zero-order valence-corrected chi connectivity index (χ0v) is 22.7. The van der Waals surface area contributed by atoms with Crippen LogP contribution in [0.4, 0.5) is 5.69 Å². The topological polar surface area (TPSA) is 86.4 Å². The van der Waals surface area contributed by atoms with Crippen molar-refractivity contribution >= 4 is 34.2 Å². The quantitative estimate of drug-likeness (QED) is 0.341. The Hall–Kier alpha value is -3.62. The van der Waals surface area contributed by atoms with E-state index in [2.05, 4.69) is 51.4 Å². The highest BCUT2D eigenvalue weighted by atomic mass is 35.5.